The summed E-state index contributed by atoms with van der Waals surface area (Å²) in [4.78, 5) is 0.223. The molecule has 0 spiro atoms. The second-order valence-electron chi connectivity index (χ2n) is 4.17. The van der Waals surface area contributed by atoms with Gasteiger partial charge in [-0.2, -0.15) is 5.10 Å². The maximum Gasteiger partial charge on any atom is 0.246 e. The molecule has 0 amide bonds. The van der Waals surface area contributed by atoms with Crippen LogP contribution in [0.5, 0.6) is 0 Å². The van der Waals surface area contributed by atoms with Gasteiger partial charge in [0.05, 0.1) is 0 Å². The Morgan fingerprint density at radius 2 is 1.78 bits per heavy atom. The van der Waals surface area contributed by atoms with Crippen LogP contribution in [0, 0.1) is 0 Å². The molecular formula is C12H15N3O2S. The van der Waals surface area contributed by atoms with Gasteiger partial charge in [0.1, 0.15) is 10.6 Å². The van der Waals surface area contributed by atoms with Crippen molar-refractivity contribution in [1.82, 2.24) is 14.1 Å². The van der Waals surface area contributed by atoms with Gasteiger partial charge in [0.2, 0.25) is 10.0 Å². The van der Waals surface area contributed by atoms with E-state index in [0.29, 0.717) is 5.69 Å². The summed E-state index contributed by atoms with van der Waals surface area (Å²) in [6.45, 7) is 0. The Morgan fingerprint density at radius 1 is 1.17 bits per heavy atom. The van der Waals surface area contributed by atoms with Crippen LogP contribution in [0.4, 0.5) is 0 Å². The third-order valence-corrected chi connectivity index (χ3v) is 4.42. The summed E-state index contributed by atoms with van der Waals surface area (Å²) in [5.41, 5.74) is 1.27. The lowest BCUT2D eigenvalue weighted by Crippen LogP contribution is -2.22. The second kappa shape index (κ2) is 4.55. The number of nitrogens with zero attached hydrogens (tertiary/aromatic N) is 3. The van der Waals surface area contributed by atoms with Gasteiger partial charge in [0.25, 0.3) is 0 Å². The average Bonchev–Trinajstić information content (AvgIpc) is 2.73. The average molecular weight is 265 g/mol. The van der Waals surface area contributed by atoms with Crippen molar-refractivity contribution in [3.63, 3.8) is 0 Å². The smallest absolute Gasteiger partial charge is 0.246 e. The highest BCUT2D eigenvalue weighted by Gasteiger charge is 2.24. The largest absolute Gasteiger partial charge is 0.274 e. The molecule has 1 heterocycles. The summed E-state index contributed by atoms with van der Waals surface area (Å²) in [5.74, 6) is 0. The molecule has 1 aromatic heterocycles. The maximum atomic E-state index is 12.2. The summed E-state index contributed by atoms with van der Waals surface area (Å²) in [6, 6.07) is 9.28. The van der Waals surface area contributed by atoms with E-state index in [1.165, 1.54) is 29.3 Å². The molecule has 2 aromatic rings. The van der Waals surface area contributed by atoms with Crippen molar-refractivity contribution in [3.05, 3.63) is 36.5 Å². The Bertz CT molecular complexity index is 645. The van der Waals surface area contributed by atoms with Gasteiger partial charge in [-0.05, 0) is 0 Å². The molecule has 0 atom stereocenters. The first-order chi connectivity index (χ1) is 8.43. The van der Waals surface area contributed by atoms with E-state index in [0.717, 1.165) is 5.56 Å². The lowest BCUT2D eigenvalue weighted by atomic mass is 10.2. The van der Waals surface area contributed by atoms with Crippen molar-refractivity contribution in [2.75, 3.05) is 14.1 Å². The molecule has 0 fully saturated rings. The van der Waals surface area contributed by atoms with Crippen LogP contribution in [0.2, 0.25) is 0 Å². The molecular weight excluding hydrogens is 250 g/mol. The molecule has 0 aliphatic carbocycles. The van der Waals surface area contributed by atoms with E-state index >= 15 is 0 Å². The van der Waals surface area contributed by atoms with Crippen LogP contribution < -0.4 is 0 Å². The van der Waals surface area contributed by atoms with Crippen molar-refractivity contribution in [2.24, 2.45) is 7.05 Å². The van der Waals surface area contributed by atoms with Crippen LogP contribution in [-0.2, 0) is 17.1 Å². The van der Waals surface area contributed by atoms with Gasteiger partial charge in [-0.1, -0.05) is 30.3 Å². The van der Waals surface area contributed by atoms with E-state index < -0.39 is 10.0 Å². The molecule has 0 bridgehead atoms. The van der Waals surface area contributed by atoms with Gasteiger partial charge in [-0.25, -0.2) is 12.7 Å². The molecule has 0 unspecified atom stereocenters. The fourth-order valence-corrected chi connectivity index (χ4v) is 2.73. The number of sulfonamides is 1. The molecule has 0 saturated heterocycles. The third-order valence-electron chi connectivity index (χ3n) is 2.60. The first-order valence-corrected chi connectivity index (χ1v) is 6.88. The molecule has 18 heavy (non-hydrogen) atoms. The fraction of sp³-hybridized carbons (Fsp3) is 0.250. The third kappa shape index (κ3) is 2.16. The molecule has 0 N–H and O–H groups in total. The Kier molecular flexibility index (Phi) is 3.23. The summed E-state index contributed by atoms with van der Waals surface area (Å²) >= 11 is 0. The molecule has 1 aromatic carbocycles. The minimum absolute atomic E-state index is 0.223. The van der Waals surface area contributed by atoms with Gasteiger partial charge in [0, 0.05) is 32.9 Å². The van der Waals surface area contributed by atoms with Gasteiger partial charge >= 0.3 is 0 Å². The Balaban J connectivity index is 2.65. The minimum atomic E-state index is -3.48. The van der Waals surface area contributed by atoms with E-state index in [4.69, 9.17) is 0 Å². The van der Waals surface area contributed by atoms with Crippen molar-refractivity contribution in [2.45, 2.75) is 4.90 Å². The second-order valence-corrected chi connectivity index (χ2v) is 6.29. The van der Waals surface area contributed by atoms with Crippen LogP contribution in [0.3, 0.4) is 0 Å². The quantitative estimate of drug-likeness (QED) is 0.841. The zero-order valence-corrected chi connectivity index (χ0v) is 11.3. The van der Waals surface area contributed by atoms with Crippen LogP contribution in [0.15, 0.2) is 41.4 Å². The van der Waals surface area contributed by atoms with Crippen molar-refractivity contribution in [3.8, 4) is 11.3 Å². The van der Waals surface area contributed by atoms with Gasteiger partial charge < -0.3 is 0 Å². The molecule has 0 aliphatic heterocycles. The highest BCUT2D eigenvalue weighted by molar-refractivity contribution is 7.89. The van der Waals surface area contributed by atoms with Crippen molar-refractivity contribution in [1.29, 1.82) is 0 Å². The monoisotopic (exact) mass is 265 g/mol. The van der Waals surface area contributed by atoms with Crippen LogP contribution in [-0.4, -0.2) is 36.6 Å². The SMILES string of the molecule is CN(C)S(=O)(=O)c1cn(C)nc1-c1ccccc1. The fourth-order valence-electron chi connectivity index (χ4n) is 1.65. The zero-order chi connectivity index (χ0) is 13.3. The molecule has 0 saturated carbocycles. The first-order valence-electron chi connectivity index (χ1n) is 5.44. The van der Waals surface area contributed by atoms with E-state index in [9.17, 15) is 8.42 Å². The molecule has 2 rings (SSSR count). The molecule has 0 aliphatic rings. The van der Waals surface area contributed by atoms with Gasteiger partial charge in [-0.15, -0.1) is 0 Å². The minimum Gasteiger partial charge on any atom is -0.274 e. The topological polar surface area (TPSA) is 55.2 Å². The normalized spacial score (nSPS) is 12.0. The number of benzene rings is 1. The van der Waals surface area contributed by atoms with Crippen LogP contribution >= 0.6 is 0 Å². The Morgan fingerprint density at radius 3 is 2.33 bits per heavy atom. The van der Waals surface area contributed by atoms with E-state index in [2.05, 4.69) is 5.10 Å². The first kappa shape index (κ1) is 12.8. The standard InChI is InChI=1S/C12H15N3O2S/c1-14(2)18(16,17)11-9-15(3)13-12(11)10-7-5-4-6-8-10/h4-9H,1-3H3. The Labute approximate surface area is 107 Å². The van der Waals surface area contributed by atoms with E-state index in [-0.39, 0.29) is 4.90 Å². The molecule has 6 heteroatoms. The zero-order valence-electron chi connectivity index (χ0n) is 10.5. The summed E-state index contributed by atoms with van der Waals surface area (Å²) < 4.78 is 27.1. The molecule has 0 radical (unpaired) electrons. The summed E-state index contributed by atoms with van der Waals surface area (Å²) in [5, 5.41) is 4.24. The van der Waals surface area contributed by atoms with Crippen LogP contribution in [0.1, 0.15) is 0 Å². The highest BCUT2D eigenvalue weighted by Crippen LogP contribution is 2.26. The van der Waals surface area contributed by atoms with Crippen molar-refractivity contribution < 1.29 is 8.42 Å². The molecule has 5 nitrogen and oxygen atoms in total. The maximum absolute atomic E-state index is 12.2. The Hall–Kier alpha value is -1.66. The van der Waals surface area contributed by atoms with Crippen LogP contribution in [0.25, 0.3) is 11.3 Å². The number of aromatic nitrogens is 2. The van der Waals surface area contributed by atoms with E-state index in [1.54, 1.807) is 7.05 Å². The lowest BCUT2D eigenvalue weighted by Gasteiger charge is -2.10. The highest BCUT2D eigenvalue weighted by atomic mass is 32.2. The number of aryl methyl sites for hydroxylation is 1. The number of hydrogen-bond acceptors (Lipinski definition) is 3. The number of hydrogen-bond donors (Lipinski definition) is 0. The number of rotatable bonds is 3. The van der Waals surface area contributed by atoms with Gasteiger partial charge in [-0.3, -0.25) is 4.68 Å². The summed E-state index contributed by atoms with van der Waals surface area (Å²) in [7, 11) is 1.25. The van der Waals surface area contributed by atoms with Gasteiger partial charge in [0.15, 0.2) is 0 Å². The summed E-state index contributed by atoms with van der Waals surface area (Å²) in [6.07, 6.45) is 1.53. The lowest BCUT2D eigenvalue weighted by molar-refractivity contribution is 0.521. The molecule has 96 valence electrons. The van der Waals surface area contributed by atoms with Crippen molar-refractivity contribution >= 4 is 10.0 Å². The predicted octanol–water partition coefficient (Wildman–Crippen LogP) is 1.34. The van der Waals surface area contributed by atoms with E-state index in [1.807, 2.05) is 30.3 Å². The predicted molar refractivity (Wildman–Crippen MR) is 69.5 cm³/mol.